The Morgan fingerprint density at radius 3 is 2.71 bits per heavy atom. The van der Waals surface area contributed by atoms with Gasteiger partial charge in [-0.25, -0.2) is 14.6 Å². The Balaban J connectivity index is 1.61. The quantitative estimate of drug-likeness (QED) is 0.620. The van der Waals surface area contributed by atoms with Crippen LogP contribution in [-0.4, -0.2) is 45.1 Å². The zero-order chi connectivity index (χ0) is 19.5. The zero-order valence-electron chi connectivity index (χ0n) is 16.0. The van der Waals surface area contributed by atoms with Crippen LogP contribution in [0.25, 0.3) is 11.0 Å². The van der Waals surface area contributed by atoms with E-state index in [4.69, 9.17) is 9.47 Å². The molecule has 1 aromatic carbocycles. The Kier molecular flexibility index (Phi) is 5.89. The molecule has 0 amide bonds. The third-order valence-electron chi connectivity index (χ3n) is 5.03. The topological polar surface area (TPSA) is 74.1 Å². The van der Waals surface area contributed by atoms with Crippen molar-refractivity contribution in [2.45, 2.75) is 38.0 Å². The lowest BCUT2D eigenvalue weighted by atomic mass is 10.0. The second-order valence-electron chi connectivity index (χ2n) is 7.05. The zero-order valence-corrected chi connectivity index (χ0v) is 17.6. The summed E-state index contributed by atoms with van der Waals surface area (Å²) in [5, 5.41) is 8.81. The first-order chi connectivity index (χ1) is 13.6. The molecule has 7 nitrogen and oxygen atoms in total. The maximum absolute atomic E-state index is 6.54. The lowest BCUT2D eigenvalue weighted by Gasteiger charge is -2.32. The van der Waals surface area contributed by atoms with Gasteiger partial charge in [-0.2, -0.15) is 5.10 Å². The van der Waals surface area contributed by atoms with Gasteiger partial charge in [0.05, 0.1) is 17.5 Å². The Morgan fingerprint density at radius 1 is 1.21 bits per heavy atom. The van der Waals surface area contributed by atoms with Gasteiger partial charge in [0, 0.05) is 20.3 Å². The number of nitrogens with zero attached hydrogens (tertiary/aromatic N) is 4. The predicted molar refractivity (Wildman–Crippen MR) is 111 cm³/mol. The van der Waals surface area contributed by atoms with E-state index in [9.17, 15) is 0 Å². The number of aromatic nitrogens is 4. The van der Waals surface area contributed by atoms with Crippen LogP contribution in [0.5, 0.6) is 0 Å². The second kappa shape index (κ2) is 8.55. The van der Waals surface area contributed by atoms with Crippen molar-refractivity contribution in [1.82, 2.24) is 19.7 Å². The van der Waals surface area contributed by atoms with E-state index in [0.29, 0.717) is 0 Å². The number of ether oxygens (including phenoxy) is 2. The first-order valence-electron chi connectivity index (χ1n) is 9.51. The van der Waals surface area contributed by atoms with E-state index in [1.807, 2.05) is 25.2 Å². The summed E-state index contributed by atoms with van der Waals surface area (Å²) in [4.78, 5) is 8.80. The molecule has 0 aliphatic carbocycles. The van der Waals surface area contributed by atoms with Crippen molar-refractivity contribution in [3.05, 3.63) is 46.8 Å². The van der Waals surface area contributed by atoms with Crippen molar-refractivity contribution < 1.29 is 9.47 Å². The van der Waals surface area contributed by atoms with E-state index in [2.05, 4.69) is 55.4 Å². The molecule has 28 heavy (non-hydrogen) atoms. The molecule has 1 N–H and O–H groups in total. The molecule has 2 unspecified atom stereocenters. The van der Waals surface area contributed by atoms with Gasteiger partial charge in [0.25, 0.3) is 0 Å². The van der Waals surface area contributed by atoms with Crippen LogP contribution in [0, 0.1) is 0 Å². The third kappa shape index (κ3) is 4.04. The molecule has 0 saturated carbocycles. The Labute approximate surface area is 172 Å². The van der Waals surface area contributed by atoms with Crippen LogP contribution in [0.3, 0.4) is 0 Å². The molecule has 8 heteroatoms. The maximum atomic E-state index is 6.54. The Morgan fingerprint density at radius 2 is 1.96 bits per heavy atom. The predicted octanol–water partition coefficient (Wildman–Crippen LogP) is 3.86. The average Bonchev–Trinajstić information content (AvgIpc) is 3.02. The van der Waals surface area contributed by atoms with Gasteiger partial charge >= 0.3 is 0 Å². The summed E-state index contributed by atoms with van der Waals surface area (Å²) in [6, 6.07) is 10.3. The van der Waals surface area contributed by atoms with Crippen LogP contribution in [0.1, 0.15) is 31.4 Å². The first-order valence-corrected chi connectivity index (χ1v) is 10.3. The van der Waals surface area contributed by atoms with Crippen LogP contribution in [0.2, 0.25) is 0 Å². The molecule has 2 atom stereocenters. The molecular weight excluding hydrogens is 422 g/mol. The maximum Gasteiger partial charge on any atom is 0.164 e. The van der Waals surface area contributed by atoms with Crippen molar-refractivity contribution in [1.29, 1.82) is 0 Å². The van der Waals surface area contributed by atoms with Crippen molar-refractivity contribution in [2.75, 3.05) is 18.5 Å². The molecule has 3 aromatic rings. The van der Waals surface area contributed by atoms with Crippen LogP contribution >= 0.6 is 15.9 Å². The van der Waals surface area contributed by atoms with Crippen LogP contribution < -0.4 is 5.32 Å². The summed E-state index contributed by atoms with van der Waals surface area (Å²) in [7, 11) is 1.87. The van der Waals surface area contributed by atoms with Crippen LogP contribution in [0.4, 0.5) is 5.82 Å². The highest BCUT2D eigenvalue weighted by atomic mass is 79.9. The summed E-state index contributed by atoms with van der Waals surface area (Å²) >= 11 is 3.52. The first kappa shape index (κ1) is 19.3. The molecule has 4 rings (SSSR count). The van der Waals surface area contributed by atoms with E-state index in [0.717, 1.165) is 53.1 Å². The fourth-order valence-corrected chi connectivity index (χ4v) is 4.19. The molecule has 148 valence electrons. The monoisotopic (exact) mass is 445 g/mol. The molecule has 0 spiro atoms. The lowest BCUT2D eigenvalue weighted by molar-refractivity contribution is -0.0738. The van der Waals surface area contributed by atoms with Gasteiger partial charge in [0.2, 0.25) is 0 Å². The molecule has 0 bridgehead atoms. The number of hydrogen-bond donors (Lipinski definition) is 1. The SMILES string of the molecule is CC(Nc1ncnc2c1c(Br)nn2C)C(OC1CCOCC1)c1ccccc1. The van der Waals surface area contributed by atoms with Gasteiger partial charge in [0.1, 0.15) is 22.9 Å². The highest BCUT2D eigenvalue weighted by Gasteiger charge is 2.27. The Hall–Kier alpha value is -2.03. The molecule has 0 radical (unpaired) electrons. The van der Waals surface area contributed by atoms with E-state index in [1.54, 1.807) is 11.0 Å². The second-order valence-corrected chi connectivity index (χ2v) is 7.80. The van der Waals surface area contributed by atoms with Gasteiger partial charge in [-0.3, -0.25) is 0 Å². The highest BCUT2D eigenvalue weighted by Crippen LogP contribution is 2.31. The van der Waals surface area contributed by atoms with Gasteiger partial charge in [-0.1, -0.05) is 30.3 Å². The lowest BCUT2D eigenvalue weighted by Crippen LogP contribution is -2.33. The number of fused-ring (bicyclic) bond motifs is 1. The minimum Gasteiger partial charge on any atom is -0.381 e. The minimum absolute atomic E-state index is 0.00421. The van der Waals surface area contributed by atoms with E-state index in [1.165, 1.54) is 0 Å². The molecule has 1 aliphatic rings. The standard InChI is InChI=1S/C20H24BrN5O2/c1-13(24-19-16-18(21)25-26(2)20(16)23-12-22-19)17(14-6-4-3-5-7-14)28-15-8-10-27-11-9-15/h3-7,12-13,15,17H,8-11H2,1-2H3,(H,22,23,24). The van der Waals surface area contributed by atoms with E-state index < -0.39 is 0 Å². The number of rotatable bonds is 6. The number of hydrogen-bond acceptors (Lipinski definition) is 6. The van der Waals surface area contributed by atoms with E-state index in [-0.39, 0.29) is 18.2 Å². The van der Waals surface area contributed by atoms with Crippen molar-refractivity contribution >= 4 is 32.8 Å². The smallest absolute Gasteiger partial charge is 0.164 e. The Bertz CT molecular complexity index is 927. The summed E-state index contributed by atoms with van der Waals surface area (Å²) in [5.41, 5.74) is 1.92. The molecule has 2 aromatic heterocycles. The number of nitrogens with one attached hydrogen (secondary N) is 1. The summed E-state index contributed by atoms with van der Waals surface area (Å²) < 4.78 is 14.5. The molecule has 1 saturated heterocycles. The average molecular weight is 446 g/mol. The van der Waals surface area contributed by atoms with Gasteiger partial charge in [-0.15, -0.1) is 0 Å². The highest BCUT2D eigenvalue weighted by molar-refractivity contribution is 9.10. The molecule has 3 heterocycles. The number of aryl methyl sites for hydroxylation is 1. The van der Waals surface area contributed by atoms with Crippen LogP contribution in [-0.2, 0) is 16.5 Å². The van der Waals surface area contributed by atoms with Gasteiger partial charge in [0.15, 0.2) is 5.65 Å². The largest absolute Gasteiger partial charge is 0.381 e. The summed E-state index contributed by atoms with van der Waals surface area (Å²) in [5.74, 6) is 0.744. The number of anilines is 1. The summed E-state index contributed by atoms with van der Waals surface area (Å²) in [6.45, 7) is 3.63. The van der Waals surface area contributed by atoms with E-state index >= 15 is 0 Å². The normalized spacial score (nSPS) is 17.5. The third-order valence-corrected chi connectivity index (χ3v) is 5.59. The van der Waals surface area contributed by atoms with Gasteiger partial charge < -0.3 is 14.8 Å². The number of benzene rings is 1. The molecule has 1 fully saturated rings. The molecular formula is C20H24BrN5O2. The number of halogens is 1. The van der Waals surface area contributed by atoms with Crippen molar-refractivity contribution in [3.8, 4) is 0 Å². The molecule has 1 aliphatic heterocycles. The fourth-order valence-electron chi connectivity index (χ4n) is 3.59. The fraction of sp³-hybridized carbons (Fsp3) is 0.450. The summed E-state index contributed by atoms with van der Waals surface area (Å²) in [6.07, 6.45) is 3.48. The van der Waals surface area contributed by atoms with Crippen molar-refractivity contribution in [3.63, 3.8) is 0 Å². The van der Waals surface area contributed by atoms with Crippen LogP contribution in [0.15, 0.2) is 41.3 Å². The van der Waals surface area contributed by atoms with Crippen molar-refractivity contribution in [2.24, 2.45) is 7.05 Å². The minimum atomic E-state index is -0.107. The van der Waals surface area contributed by atoms with Gasteiger partial charge in [-0.05, 0) is 41.3 Å².